The minimum atomic E-state index is -1.15. The molecule has 1 aliphatic rings. The van der Waals surface area contributed by atoms with Crippen molar-refractivity contribution >= 4 is 34.2 Å². The van der Waals surface area contributed by atoms with Gasteiger partial charge in [0.15, 0.2) is 6.10 Å². The molecule has 1 heterocycles. The highest BCUT2D eigenvalue weighted by Gasteiger charge is 2.26. The first-order valence-corrected chi connectivity index (χ1v) is 11.1. The maximum atomic E-state index is 13.3. The lowest BCUT2D eigenvalue weighted by Gasteiger charge is -2.18. The van der Waals surface area contributed by atoms with E-state index in [0.717, 1.165) is 43.4 Å². The first kappa shape index (κ1) is 23.2. The molecular weight excluding hydrogens is 438 g/mol. The summed E-state index contributed by atoms with van der Waals surface area (Å²) in [5, 5.41) is 14.4. The minimum Gasteiger partial charge on any atom is -0.495 e. The molecule has 0 bridgehead atoms. The van der Waals surface area contributed by atoms with Gasteiger partial charge in [-0.3, -0.25) is 19.9 Å². The van der Waals surface area contributed by atoms with Crippen LogP contribution < -0.4 is 10.1 Å². The first-order valence-electron chi connectivity index (χ1n) is 11.1. The molecule has 1 atom stereocenters. The van der Waals surface area contributed by atoms with Gasteiger partial charge in [0, 0.05) is 23.2 Å². The Labute approximate surface area is 196 Å². The molecule has 0 saturated carbocycles. The van der Waals surface area contributed by atoms with Crippen LogP contribution in [0.1, 0.15) is 47.8 Å². The highest BCUT2D eigenvalue weighted by molar-refractivity contribution is 6.06. The van der Waals surface area contributed by atoms with Crippen LogP contribution in [0.4, 0.5) is 11.4 Å². The predicted molar refractivity (Wildman–Crippen MR) is 126 cm³/mol. The zero-order valence-corrected chi connectivity index (χ0v) is 19.0. The van der Waals surface area contributed by atoms with E-state index in [2.05, 4.69) is 5.32 Å². The third-order valence-corrected chi connectivity index (χ3v) is 5.93. The number of carbonyl (C=O) groups is 2. The largest absolute Gasteiger partial charge is 0.495 e. The average Bonchev–Trinajstić information content (AvgIpc) is 3.07. The van der Waals surface area contributed by atoms with Crippen molar-refractivity contribution in [1.29, 1.82) is 0 Å². The molecule has 0 fully saturated rings. The number of aryl methyl sites for hydroxylation is 1. The summed E-state index contributed by atoms with van der Waals surface area (Å²) in [6, 6.07) is 11.3. The fourth-order valence-electron chi connectivity index (χ4n) is 4.20. The zero-order valence-electron chi connectivity index (χ0n) is 19.0. The van der Waals surface area contributed by atoms with Gasteiger partial charge in [0.25, 0.3) is 11.6 Å². The number of benzene rings is 2. The lowest BCUT2D eigenvalue weighted by molar-refractivity contribution is -0.384. The molecule has 4 rings (SSSR count). The number of nitro benzene ring substituents is 1. The number of fused-ring (bicyclic) bond motifs is 2. The number of methoxy groups -OCH3 is 1. The van der Waals surface area contributed by atoms with Gasteiger partial charge in [-0.1, -0.05) is 24.6 Å². The summed E-state index contributed by atoms with van der Waals surface area (Å²) in [5.74, 6) is -0.968. The number of anilines is 1. The summed E-state index contributed by atoms with van der Waals surface area (Å²) < 4.78 is 10.8. The number of pyridine rings is 1. The quantitative estimate of drug-likeness (QED) is 0.245. The molecule has 0 saturated heterocycles. The summed E-state index contributed by atoms with van der Waals surface area (Å²) in [6.07, 6.45) is 3.40. The van der Waals surface area contributed by atoms with E-state index in [1.165, 1.54) is 32.2 Å². The number of aromatic nitrogens is 1. The number of nitrogens with zero attached hydrogens (tertiary/aromatic N) is 2. The minimum absolute atomic E-state index is 0.118. The number of ether oxygens (including phenoxy) is 2. The third-order valence-electron chi connectivity index (χ3n) is 5.93. The van der Waals surface area contributed by atoms with E-state index in [1.54, 1.807) is 0 Å². The SMILES string of the molecule is COc1ccc([N+](=O)[O-])cc1NC(=O)[C@H](C)OC(=O)c1c2c(nc3ccccc13)CCCCC2. The molecule has 9 nitrogen and oxygen atoms in total. The van der Waals surface area contributed by atoms with Gasteiger partial charge in [-0.15, -0.1) is 0 Å². The fraction of sp³-hybridized carbons (Fsp3) is 0.320. The normalized spacial score (nSPS) is 13.9. The highest BCUT2D eigenvalue weighted by Crippen LogP contribution is 2.31. The Bertz CT molecular complexity index is 1270. The van der Waals surface area contributed by atoms with Crippen LogP contribution in [0.3, 0.4) is 0 Å². The van der Waals surface area contributed by atoms with Crippen molar-refractivity contribution < 1.29 is 24.0 Å². The Morgan fingerprint density at radius 3 is 2.65 bits per heavy atom. The van der Waals surface area contributed by atoms with Crippen molar-refractivity contribution in [2.75, 3.05) is 12.4 Å². The van der Waals surface area contributed by atoms with E-state index < -0.39 is 22.9 Å². The van der Waals surface area contributed by atoms with Gasteiger partial charge in [0.05, 0.1) is 28.8 Å². The van der Waals surface area contributed by atoms with Crippen LogP contribution in [-0.2, 0) is 22.4 Å². The monoisotopic (exact) mass is 463 g/mol. The highest BCUT2D eigenvalue weighted by atomic mass is 16.6. The van der Waals surface area contributed by atoms with Crippen molar-refractivity contribution in [2.45, 2.75) is 45.1 Å². The number of rotatable bonds is 6. The molecule has 3 aromatic rings. The summed E-state index contributed by atoms with van der Waals surface area (Å²) in [7, 11) is 1.39. The van der Waals surface area contributed by atoms with E-state index in [1.807, 2.05) is 24.3 Å². The molecule has 1 aromatic heterocycles. The lowest BCUT2D eigenvalue weighted by atomic mass is 9.97. The van der Waals surface area contributed by atoms with E-state index >= 15 is 0 Å². The standard InChI is InChI=1S/C25H25N3O6/c1-15(24(29)27-21-14-16(28(31)32)12-13-22(21)33-2)34-25(30)23-17-8-4-3-5-10-19(17)26-20-11-7-6-9-18(20)23/h6-7,9,11-15H,3-5,8,10H2,1-2H3,(H,27,29)/t15-/m0/s1. The summed E-state index contributed by atoms with van der Waals surface area (Å²) >= 11 is 0. The number of non-ortho nitro benzene ring substituents is 1. The topological polar surface area (TPSA) is 121 Å². The Morgan fingerprint density at radius 1 is 1.12 bits per heavy atom. The van der Waals surface area contributed by atoms with Gasteiger partial charge in [-0.05, 0) is 50.3 Å². The molecule has 176 valence electrons. The van der Waals surface area contributed by atoms with Gasteiger partial charge in [-0.2, -0.15) is 0 Å². The number of carbonyl (C=O) groups excluding carboxylic acids is 2. The molecule has 34 heavy (non-hydrogen) atoms. The Kier molecular flexibility index (Phi) is 6.72. The first-order chi connectivity index (χ1) is 16.4. The number of para-hydroxylation sites is 1. The van der Waals surface area contributed by atoms with Crippen LogP contribution in [0, 0.1) is 10.1 Å². The molecule has 0 radical (unpaired) electrons. The number of hydrogen-bond acceptors (Lipinski definition) is 7. The fourth-order valence-corrected chi connectivity index (χ4v) is 4.20. The number of esters is 1. The maximum Gasteiger partial charge on any atom is 0.339 e. The molecule has 1 N–H and O–H groups in total. The van der Waals surface area contributed by atoms with Crippen LogP contribution in [0.25, 0.3) is 10.9 Å². The number of nitro groups is 1. The van der Waals surface area contributed by atoms with E-state index in [9.17, 15) is 19.7 Å². The van der Waals surface area contributed by atoms with E-state index in [4.69, 9.17) is 14.5 Å². The van der Waals surface area contributed by atoms with Crippen molar-refractivity contribution in [3.8, 4) is 5.75 Å². The summed E-state index contributed by atoms with van der Waals surface area (Å²) in [6.45, 7) is 1.46. The molecule has 0 spiro atoms. The molecule has 1 amide bonds. The van der Waals surface area contributed by atoms with Gasteiger partial charge in [0.2, 0.25) is 0 Å². The lowest BCUT2D eigenvalue weighted by Crippen LogP contribution is -2.30. The van der Waals surface area contributed by atoms with E-state index in [-0.39, 0.29) is 17.1 Å². The van der Waals surface area contributed by atoms with Crippen LogP contribution in [0.5, 0.6) is 5.75 Å². The average molecular weight is 463 g/mol. The smallest absolute Gasteiger partial charge is 0.339 e. The van der Waals surface area contributed by atoms with Crippen molar-refractivity contribution in [3.63, 3.8) is 0 Å². The van der Waals surface area contributed by atoms with Gasteiger partial charge < -0.3 is 14.8 Å². The molecule has 2 aromatic carbocycles. The summed E-state index contributed by atoms with van der Waals surface area (Å²) in [4.78, 5) is 41.4. The van der Waals surface area contributed by atoms with E-state index in [0.29, 0.717) is 16.5 Å². The van der Waals surface area contributed by atoms with Crippen LogP contribution in [-0.4, -0.2) is 35.0 Å². The maximum absolute atomic E-state index is 13.3. The second-order valence-electron chi connectivity index (χ2n) is 8.17. The van der Waals surface area contributed by atoms with Gasteiger partial charge >= 0.3 is 5.97 Å². The number of amides is 1. The second kappa shape index (κ2) is 9.86. The predicted octanol–water partition coefficient (Wildman–Crippen LogP) is 4.60. The summed E-state index contributed by atoms with van der Waals surface area (Å²) in [5.41, 5.74) is 2.87. The van der Waals surface area contributed by atoms with Crippen molar-refractivity contribution in [2.24, 2.45) is 0 Å². The molecule has 1 aliphatic carbocycles. The second-order valence-corrected chi connectivity index (χ2v) is 8.17. The zero-order chi connectivity index (χ0) is 24.2. The van der Waals surface area contributed by atoms with Gasteiger partial charge in [-0.25, -0.2) is 4.79 Å². The molecule has 0 unspecified atom stereocenters. The Morgan fingerprint density at radius 2 is 1.88 bits per heavy atom. The van der Waals surface area contributed by atoms with Crippen LogP contribution in [0.15, 0.2) is 42.5 Å². The number of nitrogens with one attached hydrogen (secondary N) is 1. The van der Waals surface area contributed by atoms with Crippen molar-refractivity contribution in [3.05, 3.63) is 69.4 Å². The number of hydrogen-bond donors (Lipinski definition) is 1. The van der Waals surface area contributed by atoms with Crippen molar-refractivity contribution in [1.82, 2.24) is 4.98 Å². The van der Waals surface area contributed by atoms with Gasteiger partial charge in [0.1, 0.15) is 5.75 Å². The molecular formula is C25H25N3O6. The molecule has 0 aliphatic heterocycles. The Hall–Kier alpha value is -4.01. The third kappa shape index (κ3) is 4.68. The Balaban J connectivity index is 1.60. The van der Waals surface area contributed by atoms with Crippen LogP contribution in [0.2, 0.25) is 0 Å². The van der Waals surface area contributed by atoms with Crippen LogP contribution >= 0.6 is 0 Å². The molecule has 9 heteroatoms.